The molecule has 0 aromatic heterocycles. The number of alkyl carbamates (subject to hydrolysis) is 1. The molecule has 0 aliphatic heterocycles. The summed E-state index contributed by atoms with van der Waals surface area (Å²) < 4.78 is 4.93. The number of aliphatic hydroxyl groups excluding tert-OH is 1. The van der Waals surface area contributed by atoms with E-state index in [4.69, 9.17) is 9.84 Å². The van der Waals surface area contributed by atoms with E-state index in [1.54, 1.807) is 20.8 Å². The molecule has 3 N–H and O–H groups in total. The van der Waals surface area contributed by atoms with E-state index in [2.05, 4.69) is 5.32 Å². The van der Waals surface area contributed by atoms with Crippen LogP contribution in [-0.2, 0) is 4.74 Å². The molecular weight excluding hydrogens is 186 g/mol. The van der Waals surface area contributed by atoms with Gasteiger partial charge in [-0.3, -0.25) is 0 Å². The zero-order chi connectivity index (χ0) is 11.4. The van der Waals surface area contributed by atoms with Crippen LogP contribution in [0.5, 0.6) is 0 Å². The molecule has 5 nitrogen and oxygen atoms in total. The van der Waals surface area contributed by atoms with Gasteiger partial charge in [-0.1, -0.05) is 0 Å². The van der Waals surface area contributed by atoms with Crippen LogP contribution in [0.3, 0.4) is 0 Å². The SMILES string of the molecule is CC(C)(C)OC(=O)NC[C@](C)(O)CO. The van der Waals surface area contributed by atoms with Gasteiger partial charge in [-0.15, -0.1) is 0 Å². The number of rotatable bonds is 3. The van der Waals surface area contributed by atoms with Gasteiger partial charge in [0.25, 0.3) is 0 Å². The van der Waals surface area contributed by atoms with Gasteiger partial charge in [0.05, 0.1) is 13.2 Å². The molecule has 1 amide bonds. The summed E-state index contributed by atoms with van der Waals surface area (Å²) >= 11 is 0. The smallest absolute Gasteiger partial charge is 0.407 e. The second-order valence-corrected chi connectivity index (χ2v) is 4.51. The number of ether oxygens (including phenoxy) is 1. The van der Waals surface area contributed by atoms with Crippen molar-refractivity contribution < 1.29 is 19.7 Å². The normalized spacial score (nSPS) is 15.9. The first kappa shape index (κ1) is 13.2. The van der Waals surface area contributed by atoms with E-state index in [-0.39, 0.29) is 6.54 Å². The quantitative estimate of drug-likeness (QED) is 0.617. The third-order valence-electron chi connectivity index (χ3n) is 1.35. The van der Waals surface area contributed by atoms with Crippen molar-refractivity contribution in [3.8, 4) is 0 Å². The topological polar surface area (TPSA) is 78.8 Å². The second-order valence-electron chi connectivity index (χ2n) is 4.51. The first-order valence-electron chi connectivity index (χ1n) is 4.46. The zero-order valence-electron chi connectivity index (χ0n) is 9.13. The van der Waals surface area contributed by atoms with Crippen molar-refractivity contribution >= 4 is 6.09 Å². The Hall–Kier alpha value is -0.810. The van der Waals surface area contributed by atoms with Crippen LogP contribution in [0, 0.1) is 0 Å². The van der Waals surface area contributed by atoms with Crippen LogP contribution in [0.25, 0.3) is 0 Å². The molecular formula is C9H19NO4. The Bertz CT molecular complexity index is 195. The summed E-state index contributed by atoms with van der Waals surface area (Å²) in [4.78, 5) is 11.1. The lowest BCUT2D eigenvalue weighted by Crippen LogP contribution is -2.44. The van der Waals surface area contributed by atoms with Crippen LogP contribution in [0.15, 0.2) is 0 Å². The Labute approximate surface area is 84.1 Å². The van der Waals surface area contributed by atoms with Crippen molar-refractivity contribution in [3.63, 3.8) is 0 Å². The zero-order valence-corrected chi connectivity index (χ0v) is 9.13. The highest BCUT2D eigenvalue weighted by Gasteiger charge is 2.22. The lowest BCUT2D eigenvalue weighted by atomic mass is 10.1. The molecule has 0 fully saturated rings. The van der Waals surface area contributed by atoms with Gasteiger partial charge >= 0.3 is 6.09 Å². The number of carbonyl (C=O) groups excluding carboxylic acids is 1. The van der Waals surface area contributed by atoms with Crippen LogP contribution in [-0.4, -0.2) is 40.7 Å². The molecule has 0 spiro atoms. The van der Waals surface area contributed by atoms with E-state index in [1.165, 1.54) is 6.92 Å². The van der Waals surface area contributed by atoms with Gasteiger partial charge in [-0.05, 0) is 27.7 Å². The average Bonchev–Trinajstić information content (AvgIpc) is 1.98. The maximum atomic E-state index is 11.1. The summed E-state index contributed by atoms with van der Waals surface area (Å²) in [6.45, 7) is 6.20. The molecule has 0 rings (SSSR count). The highest BCUT2D eigenvalue weighted by Crippen LogP contribution is 2.07. The van der Waals surface area contributed by atoms with E-state index < -0.39 is 23.9 Å². The van der Waals surface area contributed by atoms with Gasteiger partial charge in [0.1, 0.15) is 11.2 Å². The van der Waals surface area contributed by atoms with Crippen molar-refractivity contribution in [2.45, 2.75) is 38.9 Å². The van der Waals surface area contributed by atoms with Crippen molar-refractivity contribution in [3.05, 3.63) is 0 Å². The number of aliphatic hydroxyl groups is 2. The van der Waals surface area contributed by atoms with Crippen LogP contribution < -0.4 is 5.32 Å². The van der Waals surface area contributed by atoms with Gasteiger partial charge < -0.3 is 20.3 Å². The maximum absolute atomic E-state index is 11.1. The first-order valence-corrected chi connectivity index (χ1v) is 4.46. The van der Waals surface area contributed by atoms with E-state index in [0.29, 0.717) is 0 Å². The molecule has 0 bridgehead atoms. The molecule has 0 aliphatic rings. The van der Waals surface area contributed by atoms with E-state index in [1.807, 2.05) is 0 Å². The molecule has 84 valence electrons. The molecule has 0 aromatic carbocycles. The van der Waals surface area contributed by atoms with E-state index >= 15 is 0 Å². The van der Waals surface area contributed by atoms with Crippen LogP contribution >= 0.6 is 0 Å². The molecule has 5 heteroatoms. The number of hydrogen-bond acceptors (Lipinski definition) is 4. The van der Waals surface area contributed by atoms with E-state index in [9.17, 15) is 9.90 Å². The fraction of sp³-hybridized carbons (Fsp3) is 0.889. The third-order valence-corrected chi connectivity index (χ3v) is 1.35. The van der Waals surface area contributed by atoms with Gasteiger partial charge in [0.15, 0.2) is 0 Å². The monoisotopic (exact) mass is 205 g/mol. The fourth-order valence-corrected chi connectivity index (χ4v) is 0.633. The Balaban J connectivity index is 3.87. The summed E-state index contributed by atoms with van der Waals surface area (Å²) in [6, 6.07) is 0. The lowest BCUT2D eigenvalue weighted by molar-refractivity contribution is -0.00255. The summed E-state index contributed by atoms with van der Waals surface area (Å²) in [7, 11) is 0. The van der Waals surface area contributed by atoms with Gasteiger partial charge in [0.2, 0.25) is 0 Å². The molecule has 0 saturated heterocycles. The number of carbonyl (C=O) groups is 1. The average molecular weight is 205 g/mol. The van der Waals surface area contributed by atoms with Gasteiger partial charge in [0, 0.05) is 0 Å². The van der Waals surface area contributed by atoms with Crippen molar-refractivity contribution in [2.24, 2.45) is 0 Å². The standard InChI is InChI=1S/C9H19NO4/c1-8(2,3)14-7(12)10-5-9(4,13)6-11/h11,13H,5-6H2,1-4H3,(H,10,12)/t9-/m0/s1. The Morgan fingerprint density at radius 3 is 2.21 bits per heavy atom. The Kier molecular flexibility index (Phi) is 4.35. The van der Waals surface area contributed by atoms with Gasteiger partial charge in [-0.2, -0.15) is 0 Å². The van der Waals surface area contributed by atoms with Crippen molar-refractivity contribution in [1.29, 1.82) is 0 Å². The first-order chi connectivity index (χ1) is 6.16. The molecule has 0 saturated carbocycles. The molecule has 0 aliphatic carbocycles. The second kappa shape index (κ2) is 4.61. The molecule has 1 atom stereocenters. The molecule has 14 heavy (non-hydrogen) atoms. The highest BCUT2D eigenvalue weighted by molar-refractivity contribution is 5.67. The Morgan fingerprint density at radius 1 is 1.36 bits per heavy atom. The third kappa shape index (κ3) is 6.68. The summed E-state index contributed by atoms with van der Waals surface area (Å²) in [6.07, 6.45) is -0.605. The molecule has 0 aromatic rings. The van der Waals surface area contributed by atoms with Gasteiger partial charge in [-0.25, -0.2) is 4.79 Å². The number of hydrogen-bond donors (Lipinski definition) is 3. The van der Waals surface area contributed by atoms with Crippen LogP contribution in [0.2, 0.25) is 0 Å². The van der Waals surface area contributed by atoms with Crippen molar-refractivity contribution in [2.75, 3.05) is 13.2 Å². The predicted octanol–water partition coefficient (Wildman–Crippen LogP) is 0.254. The highest BCUT2D eigenvalue weighted by atomic mass is 16.6. The lowest BCUT2D eigenvalue weighted by Gasteiger charge is -2.23. The molecule has 0 radical (unpaired) electrons. The van der Waals surface area contributed by atoms with Crippen molar-refractivity contribution in [1.82, 2.24) is 5.32 Å². The minimum Gasteiger partial charge on any atom is -0.444 e. The maximum Gasteiger partial charge on any atom is 0.407 e. The number of nitrogens with one attached hydrogen (secondary N) is 1. The summed E-state index contributed by atoms with van der Waals surface area (Å²) in [5, 5.41) is 20.4. The predicted molar refractivity (Wildman–Crippen MR) is 51.9 cm³/mol. The fourth-order valence-electron chi connectivity index (χ4n) is 0.633. The summed E-state index contributed by atoms with van der Waals surface area (Å²) in [5.74, 6) is 0. The Morgan fingerprint density at radius 2 is 1.86 bits per heavy atom. The minimum absolute atomic E-state index is 0.0432. The largest absolute Gasteiger partial charge is 0.444 e. The summed E-state index contributed by atoms with van der Waals surface area (Å²) in [5.41, 5.74) is -1.87. The molecule has 0 heterocycles. The minimum atomic E-state index is -1.31. The molecule has 0 unspecified atom stereocenters. The van der Waals surface area contributed by atoms with Crippen LogP contribution in [0.1, 0.15) is 27.7 Å². The number of amides is 1. The van der Waals surface area contributed by atoms with E-state index in [0.717, 1.165) is 0 Å². The van der Waals surface area contributed by atoms with Crippen LogP contribution in [0.4, 0.5) is 4.79 Å².